The van der Waals surface area contributed by atoms with E-state index in [1.54, 1.807) is 0 Å². The van der Waals surface area contributed by atoms with Crippen LogP contribution in [-0.4, -0.2) is 16.1 Å². The highest BCUT2D eigenvalue weighted by Gasteiger charge is 2.10. The molecule has 0 fully saturated rings. The van der Waals surface area contributed by atoms with Gasteiger partial charge in [0, 0.05) is 16.0 Å². The Morgan fingerprint density at radius 2 is 1.75 bits per heavy atom. The lowest BCUT2D eigenvalue weighted by molar-refractivity contribution is 0.0691. The lowest BCUT2D eigenvalue weighted by Crippen LogP contribution is -1.95. The second kappa shape index (κ2) is 6.63. The van der Waals surface area contributed by atoms with Crippen molar-refractivity contribution in [3.8, 4) is 22.1 Å². The van der Waals surface area contributed by atoms with Gasteiger partial charge in [-0.15, -0.1) is 11.3 Å². The quantitative estimate of drug-likeness (QED) is 0.661. The highest BCUT2D eigenvalue weighted by Crippen LogP contribution is 2.31. The number of thiazole rings is 1. The molecular formula is C18H14ClNO3S. The van der Waals surface area contributed by atoms with Crippen LogP contribution < -0.4 is 4.74 Å². The number of hydrogen-bond acceptors (Lipinski definition) is 4. The number of halogens is 1. The summed E-state index contributed by atoms with van der Waals surface area (Å²) in [5, 5.41) is 11.9. The highest BCUT2D eigenvalue weighted by molar-refractivity contribution is 7.13. The molecule has 3 aromatic rings. The van der Waals surface area contributed by atoms with E-state index in [2.05, 4.69) is 4.98 Å². The van der Waals surface area contributed by atoms with Gasteiger partial charge in [0.25, 0.3) is 0 Å². The summed E-state index contributed by atoms with van der Waals surface area (Å²) in [7, 11) is 0. The Hall–Kier alpha value is -2.37. The van der Waals surface area contributed by atoms with E-state index in [4.69, 9.17) is 21.4 Å². The fraction of sp³-hybridized carbons (Fsp3) is 0.111. The summed E-state index contributed by atoms with van der Waals surface area (Å²) in [5.74, 6) is 0.394. The van der Waals surface area contributed by atoms with Gasteiger partial charge in [0.05, 0.1) is 0 Å². The zero-order valence-corrected chi connectivity index (χ0v) is 14.6. The second-order valence-electron chi connectivity index (χ2n) is 5.34. The van der Waals surface area contributed by atoms with E-state index in [1.807, 2.05) is 50.2 Å². The fourth-order valence-corrected chi connectivity index (χ4v) is 3.18. The van der Waals surface area contributed by atoms with E-state index in [0.717, 1.165) is 27.5 Å². The molecule has 0 aliphatic carbocycles. The number of aromatic nitrogens is 1. The summed E-state index contributed by atoms with van der Waals surface area (Å²) in [6, 6.07) is 11.2. The van der Waals surface area contributed by atoms with Crippen LogP contribution in [0.1, 0.15) is 21.6 Å². The minimum atomic E-state index is -1.02. The number of nitrogens with zero attached hydrogens (tertiary/aromatic N) is 1. The van der Waals surface area contributed by atoms with Gasteiger partial charge in [-0.3, -0.25) is 0 Å². The molecule has 0 bridgehead atoms. The van der Waals surface area contributed by atoms with Gasteiger partial charge in [0.15, 0.2) is 5.69 Å². The molecule has 0 aliphatic heterocycles. The van der Waals surface area contributed by atoms with E-state index in [9.17, 15) is 4.79 Å². The molecule has 4 nitrogen and oxygen atoms in total. The van der Waals surface area contributed by atoms with Crippen molar-refractivity contribution in [2.24, 2.45) is 0 Å². The van der Waals surface area contributed by atoms with Gasteiger partial charge in [0.1, 0.15) is 16.5 Å². The van der Waals surface area contributed by atoms with Gasteiger partial charge in [-0.25, -0.2) is 9.78 Å². The van der Waals surface area contributed by atoms with Crippen molar-refractivity contribution in [1.29, 1.82) is 0 Å². The number of carbonyl (C=O) groups is 1. The van der Waals surface area contributed by atoms with Crippen molar-refractivity contribution in [3.63, 3.8) is 0 Å². The molecule has 6 heteroatoms. The third-order valence-corrected chi connectivity index (χ3v) is 4.96. The van der Waals surface area contributed by atoms with Gasteiger partial charge in [0.2, 0.25) is 0 Å². The molecule has 122 valence electrons. The lowest BCUT2D eigenvalue weighted by atomic mass is 10.1. The monoisotopic (exact) mass is 359 g/mol. The molecule has 1 aromatic heterocycles. The smallest absolute Gasteiger partial charge is 0.355 e. The van der Waals surface area contributed by atoms with Gasteiger partial charge < -0.3 is 9.84 Å². The van der Waals surface area contributed by atoms with Gasteiger partial charge >= 0.3 is 5.97 Å². The molecule has 3 rings (SSSR count). The Morgan fingerprint density at radius 3 is 2.29 bits per heavy atom. The van der Waals surface area contributed by atoms with Crippen LogP contribution in [0.5, 0.6) is 11.5 Å². The summed E-state index contributed by atoms with van der Waals surface area (Å²) in [6.07, 6.45) is 0. The van der Waals surface area contributed by atoms with Gasteiger partial charge in [-0.05, 0) is 61.4 Å². The summed E-state index contributed by atoms with van der Waals surface area (Å²) >= 11 is 7.46. The first kappa shape index (κ1) is 16.5. The van der Waals surface area contributed by atoms with E-state index in [-0.39, 0.29) is 5.69 Å². The van der Waals surface area contributed by atoms with Crippen molar-refractivity contribution in [1.82, 2.24) is 4.98 Å². The number of aromatic carboxylic acids is 1. The molecule has 0 aliphatic rings. The normalized spacial score (nSPS) is 10.6. The zero-order valence-electron chi connectivity index (χ0n) is 13.0. The van der Waals surface area contributed by atoms with Crippen LogP contribution in [0.2, 0.25) is 5.02 Å². The molecule has 0 saturated carbocycles. The minimum Gasteiger partial charge on any atom is -0.476 e. The van der Waals surface area contributed by atoms with Crippen molar-refractivity contribution >= 4 is 28.9 Å². The SMILES string of the molecule is Cc1cc(Oc2ccc(-c3nc(C(=O)O)cs3)cc2)cc(C)c1Cl. The molecule has 0 unspecified atom stereocenters. The predicted octanol–water partition coefficient (Wildman–Crippen LogP) is 5.57. The summed E-state index contributed by atoms with van der Waals surface area (Å²) in [6.45, 7) is 3.88. The molecule has 0 radical (unpaired) electrons. The van der Waals surface area contributed by atoms with Crippen LogP contribution >= 0.6 is 22.9 Å². The van der Waals surface area contributed by atoms with Crippen LogP contribution in [0, 0.1) is 13.8 Å². The van der Waals surface area contributed by atoms with Crippen LogP contribution in [-0.2, 0) is 0 Å². The van der Waals surface area contributed by atoms with E-state index >= 15 is 0 Å². The Morgan fingerprint density at radius 1 is 1.12 bits per heavy atom. The first-order valence-electron chi connectivity index (χ1n) is 7.18. The number of ether oxygens (including phenoxy) is 1. The van der Waals surface area contributed by atoms with Crippen LogP contribution in [0.15, 0.2) is 41.8 Å². The number of rotatable bonds is 4. The standard InChI is InChI=1S/C18H14ClNO3S/c1-10-7-14(8-11(2)16(10)19)23-13-5-3-12(4-6-13)17-20-15(9-24-17)18(21)22/h3-9H,1-2H3,(H,21,22). The molecule has 24 heavy (non-hydrogen) atoms. The topological polar surface area (TPSA) is 59.4 Å². The molecule has 1 heterocycles. The maximum absolute atomic E-state index is 10.9. The fourth-order valence-electron chi connectivity index (χ4n) is 2.27. The molecule has 0 amide bonds. The van der Waals surface area contributed by atoms with Crippen molar-refractivity contribution in [2.75, 3.05) is 0 Å². The Bertz CT molecular complexity index is 880. The maximum Gasteiger partial charge on any atom is 0.355 e. The Balaban J connectivity index is 1.80. The van der Waals surface area contributed by atoms with E-state index in [0.29, 0.717) is 10.8 Å². The largest absolute Gasteiger partial charge is 0.476 e. The van der Waals surface area contributed by atoms with Crippen molar-refractivity contribution < 1.29 is 14.6 Å². The molecule has 1 N–H and O–H groups in total. The van der Waals surface area contributed by atoms with Crippen molar-refractivity contribution in [3.05, 3.63) is 63.6 Å². The number of carboxylic acid groups (broad SMARTS) is 1. The summed E-state index contributed by atoms with van der Waals surface area (Å²) in [5.41, 5.74) is 2.84. The van der Waals surface area contributed by atoms with Crippen molar-refractivity contribution in [2.45, 2.75) is 13.8 Å². The molecule has 0 saturated heterocycles. The average molecular weight is 360 g/mol. The molecular weight excluding hydrogens is 346 g/mol. The highest BCUT2D eigenvalue weighted by atomic mass is 35.5. The number of benzene rings is 2. The van der Waals surface area contributed by atoms with Gasteiger partial charge in [-0.1, -0.05) is 11.6 Å². The molecule has 0 atom stereocenters. The summed E-state index contributed by atoms with van der Waals surface area (Å²) in [4.78, 5) is 15.0. The number of hydrogen-bond donors (Lipinski definition) is 1. The van der Waals surface area contributed by atoms with Crippen LogP contribution in [0.3, 0.4) is 0 Å². The number of aryl methyl sites for hydroxylation is 2. The minimum absolute atomic E-state index is 0.0578. The van der Waals surface area contributed by atoms with Gasteiger partial charge in [-0.2, -0.15) is 0 Å². The molecule has 0 spiro atoms. The summed E-state index contributed by atoms with van der Waals surface area (Å²) < 4.78 is 5.86. The lowest BCUT2D eigenvalue weighted by Gasteiger charge is -2.10. The Labute approximate surface area is 148 Å². The third-order valence-electron chi connectivity index (χ3n) is 3.47. The number of carboxylic acids is 1. The third kappa shape index (κ3) is 3.42. The van der Waals surface area contributed by atoms with E-state index < -0.39 is 5.97 Å². The van der Waals surface area contributed by atoms with Crippen LogP contribution in [0.25, 0.3) is 10.6 Å². The first-order chi connectivity index (χ1) is 11.4. The first-order valence-corrected chi connectivity index (χ1v) is 8.43. The second-order valence-corrected chi connectivity index (χ2v) is 6.58. The Kier molecular flexibility index (Phi) is 4.55. The zero-order chi connectivity index (χ0) is 17.3. The average Bonchev–Trinajstić information content (AvgIpc) is 3.03. The van der Waals surface area contributed by atoms with Crippen LogP contribution in [0.4, 0.5) is 0 Å². The maximum atomic E-state index is 10.9. The molecule has 2 aromatic carbocycles. The predicted molar refractivity (Wildman–Crippen MR) is 95.5 cm³/mol. The van der Waals surface area contributed by atoms with E-state index in [1.165, 1.54) is 16.7 Å².